The van der Waals surface area contributed by atoms with Gasteiger partial charge < -0.3 is 15.9 Å². The Kier molecular flexibility index (Phi) is 1.43. The largest absolute Gasteiger partial charge is 0.394 e. The molecular weight excluding hydrogens is 274 g/mol. The van der Waals surface area contributed by atoms with Crippen LogP contribution < -0.4 is 5.72 Å². The lowest BCUT2D eigenvalue weighted by atomic mass is 9.93. The summed E-state index contributed by atoms with van der Waals surface area (Å²) < 4.78 is 265. The summed E-state index contributed by atoms with van der Waals surface area (Å²) in [6.45, 7) is -12.8. The summed E-state index contributed by atoms with van der Waals surface area (Å²) in [7, 11) is 0. The molecule has 0 aliphatic rings. The monoisotopic (exact) mass is 340 g/mol. The molecule has 0 saturated heterocycles. The number of hydrogen-bond donors (Lipinski definition) is 3. The van der Waals surface area contributed by atoms with Crippen LogP contribution in [0.1, 0.15) is 102 Å². The van der Waals surface area contributed by atoms with E-state index in [4.69, 9.17) is 45.4 Å². The molecule has 0 heterocycles. The second kappa shape index (κ2) is 10.8. The van der Waals surface area contributed by atoms with Crippen LogP contribution in [0.2, 0.25) is 2.82 Å². The van der Waals surface area contributed by atoms with E-state index in [1.165, 1.54) is 0 Å². The Morgan fingerprint density at radius 3 is 2.36 bits per heavy atom. The maximum atomic E-state index is 8.56. The molecule has 1 aromatic rings. The van der Waals surface area contributed by atoms with Gasteiger partial charge in [0.15, 0.2) is 0 Å². The highest BCUT2D eigenvalue weighted by molar-refractivity contribution is 5.23. The highest BCUT2D eigenvalue weighted by Gasteiger charge is 2.22. The molecule has 0 aliphatic heterocycles. The third kappa shape index (κ3) is 7.39. The second-order valence-electron chi connectivity index (χ2n) is 3.29. The van der Waals surface area contributed by atoms with Crippen molar-refractivity contribution in [1.82, 2.24) is 0 Å². The van der Waals surface area contributed by atoms with Gasteiger partial charge in [-0.05, 0) is 36.6 Å². The van der Waals surface area contributed by atoms with E-state index in [0.717, 1.165) is 0 Å². The summed E-state index contributed by atoms with van der Waals surface area (Å²) >= 11 is 0. The smallest absolute Gasteiger partial charge is 0.210 e. The molecule has 0 unspecified atom stereocenters. The van der Waals surface area contributed by atoms with Gasteiger partial charge in [0, 0.05) is 28.8 Å². The molecule has 126 valence electrons. The fraction of sp³-hybridized carbons (Fsp3) is 0.684. The summed E-state index contributed by atoms with van der Waals surface area (Å²) in [5, 5.41) is 7.37. The quantitative estimate of drug-likeness (QED) is 0.459. The molecule has 0 bridgehead atoms. The van der Waals surface area contributed by atoms with Gasteiger partial charge in [0.25, 0.3) is 0 Å². The second-order valence-corrected chi connectivity index (χ2v) is 3.29. The number of rotatable bonds is 15. The molecule has 3 nitrogen and oxygen atoms in total. The van der Waals surface area contributed by atoms with Crippen LogP contribution in [0.15, 0.2) is 24.2 Å². The zero-order valence-electron chi connectivity index (χ0n) is 43.8. The third-order valence-electron chi connectivity index (χ3n) is 1.79. The van der Waals surface area contributed by atoms with Gasteiger partial charge in [-0.2, -0.15) is 0 Å². The maximum Gasteiger partial charge on any atom is 0.210 e. The average Bonchev–Trinajstić information content (AvgIpc) is 2.98. The Balaban J connectivity index is 4.39. The molecule has 0 saturated carbocycles. The Bertz CT molecular complexity index is 1550. The number of benzene rings is 1. The fourth-order valence-electron chi connectivity index (χ4n) is 0.881. The van der Waals surface area contributed by atoms with E-state index in [9.17, 15) is 0 Å². The summed E-state index contributed by atoms with van der Waals surface area (Å²) in [6, 6.07) is -7.73. The van der Waals surface area contributed by atoms with E-state index in [2.05, 4.69) is 10.2 Å². The van der Waals surface area contributed by atoms with Crippen molar-refractivity contribution in [3.05, 3.63) is 35.3 Å². The molecule has 0 radical (unpaired) electrons. The van der Waals surface area contributed by atoms with E-state index in [0.29, 0.717) is 0 Å². The van der Waals surface area contributed by atoms with Crippen molar-refractivity contribution in [2.45, 2.75) is 69.7 Å². The molecule has 0 atom stereocenters. The van der Waals surface area contributed by atoms with Crippen LogP contribution in [0.4, 0.5) is 0 Å². The molecule has 0 aliphatic carbocycles. The SMILES string of the molecule is [2H]OC([2H])([2H])C(N([2H])[2H])(C([2H])([2H])O[2H])C([2H])([2H])C([2H])([2H])c1c([2H])c([2H])c(C([2H])([2H])C([2H])([2H])C([2H])([2H])C([2H])([2H])C([2H])([2H])C([2H])([2H])C([2H])([2H])C([2H])([2H])[2H])c([2H])c1[2H]. The van der Waals surface area contributed by atoms with Crippen LogP contribution in [-0.4, -0.2) is 31.7 Å². The van der Waals surface area contributed by atoms with Gasteiger partial charge in [0.1, 0.15) is 2.82 Å². The lowest BCUT2D eigenvalue weighted by molar-refractivity contribution is 0.115. The van der Waals surface area contributed by atoms with Gasteiger partial charge in [-0.15, -0.1) is 0 Å². The van der Waals surface area contributed by atoms with E-state index in [1.807, 2.05) is 0 Å². The van der Waals surface area contributed by atoms with Crippen LogP contribution in [0.25, 0.3) is 0 Å². The van der Waals surface area contributed by atoms with Gasteiger partial charge in [0.05, 0.1) is 29.6 Å². The van der Waals surface area contributed by atoms with Crippen molar-refractivity contribution < 1.29 is 52.8 Å². The van der Waals surface area contributed by atoms with Crippen molar-refractivity contribution in [2.75, 3.05) is 13.1 Å². The van der Waals surface area contributed by atoms with Crippen LogP contribution >= 0.6 is 0 Å². The first-order valence-corrected chi connectivity index (χ1v) is 5.38. The molecule has 22 heavy (non-hydrogen) atoms. The summed E-state index contributed by atoms with van der Waals surface area (Å²) in [5.41, 5.74) is -9.69. The van der Waals surface area contributed by atoms with E-state index in [-0.39, 0.29) is 0 Å². The topological polar surface area (TPSA) is 66.5 Å². The molecule has 1 rings (SSSR count). The third-order valence-corrected chi connectivity index (χ3v) is 1.79. The first-order valence-electron chi connectivity index (χ1n) is 21.6. The zero-order valence-corrected chi connectivity index (χ0v) is 10.8. The van der Waals surface area contributed by atoms with Crippen LogP contribution in [0.5, 0.6) is 0 Å². The Hall–Kier alpha value is -0.900. The molecule has 0 aromatic heterocycles. The highest BCUT2D eigenvalue weighted by Crippen LogP contribution is 2.14. The Morgan fingerprint density at radius 1 is 1.09 bits per heavy atom. The summed E-state index contributed by atoms with van der Waals surface area (Å²) in [4.78, 5) is 0. The van der Waals surface area contributed by atoms with Crippen molar-refractivity contribution in [3.8, 4) is 0 Å². The van der Waals surface area contributed by atoms with E-state index < -0.39 is 124 Å². The molecule has 1 aromatic carbocycles. The van der Waals surface area contributed by atoms with Gasteiger partial charge in [-0.1, -0.05) is 62.9 Å². The molecule has 3 heteroatoms. The Labute approximate surface area is 182 Å². The van der Waals surface area contributed by atoms with E-state index in [1.54, 1.807) is 0 Å². The normalized spacial score (nSPS) is 41.6. The minimum absolute atomic E-state index is 1.23. The van der Waals surface area contributed by atoms with Crippen molar-refractivity contribution >= 4 is 0 Å². The number of hydrogen-bond acceptors (Lipinski definition) is 3. The van der Waals surface area contributed by atoms with Gasteiger partial charge >= 0.3 is 0 Å². The number of nitrogens with two attached hydrogens (primary N) is 1. The van der Waals surface area contributed by atoms with Crippen LogP contribution in [-0.2, 0) is 12.7 Å². The molecule has 0 amide bonds. The maximum absolute atomic E-state index is 8.56. The van der Waals surface area contributed by atoms with E-state index >= 15 is 0 Å². The number of aliphatic hydroxyl groups is 2. The first kappa shape index (κ1) is 2.91. The molecular formula is C19H33NO2. The molecule has 0 fully saturated rings. The summed E-state index contributed by atoms with van der Waals surface area (Å²) in [5.74, 6) is 0. The predicted molar refractivity (Wildman–Crippen MR) is 92.9 cm³/mol. The molecule has 4 N–H and O–H groups in total. The van der Waals surface area contributed by atoms with Crippen LogP contribution in [0.3, 0.4) is 0 Å². The minimum atomic E-state index is -4.83. The lowest BCUT2D eigenvalue weighted by Gasteiger charge is -2.24. The van der Waals surface area contributed by atoms with Crippen molar-refractivity contribution in [2.24, 2.45) is 5.72 Å². The lowest BCUT2D eigenvalue weighted by Crippen LogP contribution is -2.47. The molecule has 0 spiro atoms. The minimum Gasteiger partial charge on any atom is -0.394 e. The predicted octanol–water partition coefficient (Wildman–Crippen LogP) is 3.20. The first-order chi connectivity index (χ1) is 23.7. The highest BCUT2D eigenvalue weighted by atomic mass is 16.3. The fourth-order valence-corrected chi connectivity index (χ4v) is 0.881. The summed E-state index contributed by atoms with van der Waals surface area (Å²) in [6.07, 6.45) is -41.7. The van der Waals surface area contributed by atoms with Crippen LogP contribution in [0, 0.1) is 0 Å². The van der Waals surface area contributed by atoms with Gasteiger partial charge in [-0.3, -0.25) is 0 Å². The van der Waals surface area contributed by atoms with Gasteiger partial charge in [-0.25, -0.2) is 0 Å². The average molecular weight is 341 g/mol. The standard InChI is InChI=1S/C19H33NO2/c1-2-3-4-5-6-7-8-17-9-11-18(12-10-17)13-14-19(20,15-21)16-22/h9-12,21-22H,2-8,13-16,20H2,1H3/i1D3,2D2,3D2,4D2,5D2,6D2,7D2,8D2,9D,10D,11D,12D,13D2,14D2,15D2,16D2,21D,22D/hD2. The van der Waals surface area contributed by atoms with Crippen molar-refractivity contribution in [1.29, 1.82) is 2.86 Å². The van der Waals surface area contributed by atoms with Crippen molar-refractivity contribution in [3.63, 3.8) is 0 Å². The van der Waals surface area contributed by atoms with Gasteiger partial charge in [0.2, 0.25) is 2.86 Å². The zero-order chi connectivity index (χ0) is 45.0. The Morgan fingerprint density at radius 2 is 1.73 bits per heavy atom.